The van der Waals surface area contributed by atoms with Crippen molar-refractivity contribution in [1.82, 2.24) is 0 Å². The minimum atomic E-state index is -3.43. The van der Waals surface area contributed by atoms with Crippen LogP contribution in [0.3, 0.4) is 0 Å². The third kappa shape index (κ3) is 4.54. The lowest BCUT2D eigenvalue weighted by atomic mass is 10.1. The number of carbonyl (C=O) groups excluding carboxylic acids is 1. The summed E-state index contributed by atoms with van der Waals surface area (Å²) in [5.41, 5.74) is 0.853. The number of methoxy groups -OCH3 is 1. The van der Waals surface area contributed by atoms with Gasteiger partial charge in [0.2, 0.25) is 10.0 Å². The summed E-state index contributed by atoms with van der Waals surface area (Å²) < 4.78 is 30.2. The molecule has 94 valence electrons. The standard InChI is InChI=1S/C11H15NO4S/c1-9(13)10-4-3-5-11(8-10)12-17(14,15)7-6-16-2/h3-5,8,12H,6-7H2,1-2H3. The summed E-state index contributed by atoms with van der Waals surface area (Å²) in [4.78, 5) is 11.1. The third-order valence-electron chi connectivity index (χ3n) is 2.10. The van der Waals surface area contributed by atoms with Gasteiger partial charge in [-0.25, -0.2) is 8.42 Å². The highest BCUT2D eigenvalue weighted by molar-refractivity contribution is 7.92. The molecule has 0 saturated heterocycles. The largest absolute Gasteiger partial charge is 0.384 e. The minimum Gasteiger partial charge on any atom is -0.384 e. The van der Waals surface area contributed by atoms with Gasteiger partial charge in [0.25, 0.3) is 0 Å². The number of rotatable bonds is 6. The molecule has 0 unspecified atom stereocenters. The maximum atomic E-state index is 11.6. The van der Waals surface area contributed by atoms with E-state index >= 15 is 0 Å². The van der Waals surface area contributed by atoms with Crippen LogP contribution in [0.2, 0.25) is 0 Å². The molecule has 1 aromatic rings. The van der Waals surface area contributed by atoms with Crippen LogP contribution in [0.4, 0.5) is 5.69 Å². The van der Waals surface area contributed by atoms with Gasteiger partial charge < -0.3 is 4.74 Å². The Hall–Kier alpha value is -1.40. The molecule has 0 aromatic heterocycles. The van der Waals surface area contributed by atoms with Crippen molar-refractivity contribution >= 4 is 21.5 Å². The number of carbonyl (C=O) groups is 1. The summed E-state index contributed by atoms with van der Waals surface area (Å²) >= 11 is 0. The first-order valence-corrected chi connectivity index (χ1v) is 6.70. The molecule has 0 aliphatic rings. The van der Waals surface area contributed by atoms with Gasteiger partial charge in [0, 0.05) is 18.4 Å². The summed E-state index contributed by atoms with van der Waals surface area (Å²) in [6.07, 6.45) is 0. The van der Waals surface area contributed by atoms with Gasteiger partial charge in [-0.1, -0.05) is 12.1 Å². The molecule has 0 atom stereocenters. The smallest absolute Gasteiger partial charge is 0.234 e. The molecule has 0 fully saturated rings. The van der Waals surface area contributed by atoms with E-state index in [1.165, 1.54) is 20.1 Å². The van der Waals surface area contributed by atoms with Gasteiger partial charge in [-0.05, 0) is 19.1 Å². The van der Waals surface area contributed by atoms with Gasteiger partial charge in [-0.3, -0.25) is 9.52 Å². The Morgan fingerprint density at radius 2 is 2.12 bits per heavy atom. The van der Waals surface area contributed by atoms with Gasteiger partial charge in [0.15, 0.2) is 5.78 Å². The fourth-order valence-corrected chi connectivity index (χ4v) is 2.20. The van der Waals surface area contributed by atoms with Crippen LogP contribution in [-0.4, -0.2) is 33.7 Å². The average Bonchev–Trinajstić information content (AvgIpc) is 2.26. The predicted molar refractivity (Wildman–Crippen MR) is 65.7 cm³/mol. The lowest BCUT2D eigenvalue weighted by Crippen LogP contribution is -2.19. The van der Waals surface area contributed by atoms with Crippen LogP contribution < -0.4 is 4.72 Å². The number of ether oxygens (including phenoxy) is 1. The first-order valence-electron chi connectivity index (χ1n) is 5.05. The molecule has 0 radical (unpaired) electrons. The van der Waals surface area contributed by atoms with Crippen LogP contribution in [0, 0.1) is 0 Å². The van der Waals surface area contributed by atoms with Crippen molar-refractivity contribution in [2.75, 3.05) is 24.2 Å². The van der Waals surface area contributed by atoms with Crippen molar-refractivity contribution in [2.24, 2.45) is 0 Å². The van der Waals surface area contributed by atoms with Crippen molar-refractivity contribution in [3.05, 3.63) is 29.8 Å². The van der Waals surface area contributed by atoms with Crippen molar-refractivity contribution in [3.63, 3.8) is 0 Å². The number of hydrogen-bond donors (Lipinski definition) is 1. The maximum absolute atomic E-state index is 11.6. The van der Waals surface area contributed by atoms with Crippen LogP contribution in [0.5, 0.6) is 0 Å². The quantitative estimate of drug-likeness (QED) is 0.779. The minimum absolute atomic E-state index is 0.108. The molecule has 0 bridgehead atoms. The second-order valence-electron chi connectivity index (χ2n) is 3.55. The van der Waals surface area contributed by atoms with Gasteiger partial charge in [-0.15, -0.1) is 0 Å². The Morgan fingerprint density at radius 3 is 2.71 bits per heavy atom. The molecular formula is C11H15NO4S. The van der Waals surface area contributed by atoms with Crippen LogP contribution in [0.25, 0.3) is 0 Å². The van der Waals surface area contributed by atoms with Crippen molar-refractivity contribution in [1.29, 1.82) is 0 Å². The average molecular weight is 257 g/mol. The Kier molecular flexibility index (Phi) is 4.65. The fraction of sp³-hybridized carbons (Fsp3) is 0.364. The lowest BCUT2D eigenvalue weighted by molar-refractivity contribution is 0.101. The Bertz CT molecular complexity index is 496. The predicted octanol–water partition coefficient (Wildman–Crippen LogP) is 1.28. The van der Waals surface area contributed by atoms with Crippen molar-refractivity contribution in [2.45, 2.75) is 6.92 Å². The molecule has 0 aliphatic heterocycles. The van der Waals surface area contributed by atoms with Crippen LogP contribution in [0.1, 0.15) is 17.3 Å². The maximum Gasteiger partial charge on any atom is 0.234 e. The Labute approximate surface area is 101 Å². The van der Waals surface area contributed by atoms with E-state index in [2.05, 4.69) is 4.72 Å². The fourth-order valence-electron chi connectivity index (χ4n) is 1.23. The molecule has 6 heteroatoms. The van der Waals surface area contributed by atoms with Crippen molar-refractivity contribution < 1.29 is 17.9 Å². The summed E-state index contributed by atoms with van der Waals surface area (Å²) in [5, 5.41) is 0. The van der Waals surface area contributed by atoms with E-state index in [4.69, 9.17) is 4.74 Å². The topological polar surface area (TPSA) is 72.5 Å². The number of Topliss-reactive ketones (excluding diaryl/α,β-unsaturated/α-hetero) is 1. The second kappa shape index (κ2) is 5.79. The molecule has 1 rings (SSSR count). The molecule has 0 spiro atoms. The van der Waals surface area contributed by atoms with Crippen LogP contribution >= 0.6 is 0 Å². The summed E-state index contributed by atoms with van der Waals surface area (Å²) in [6, 6.07) is 6.36. The summed E-state index contributed by atoms with van der Waals surface area (Å²) in [5.74, 6) is -0.226. The zero-order valence-corrected chi connectivity index (χ0v) is 10.6. The van der Waals surface area contributed by atoms with Crippen LogP contribution in [-0.2, 0) is 14.8 Å². The summed E-state index contributed by atoms with van der Waals surface area (Å²) in [7, 11) is -1.99. The van der Waals surface area contributed by atoms with E-state index < -0.39 is 10.0 Å². The molecule has 0 aliphatic carbocycles. The first kappa shape index (κ1) is 13.7. The first-order chi connectivity index (χ1) is 7.94. The lowest BCUT2D eigenvalue weighted by Gasteiger charge is -2.08. The summed E-state index contributed by atoms with van der Waals surface area (Å²) in [6.45, 7) is 1.56. The van der Waals surface area contributed by atoms with E-state index in [1.807, 2.05) is 0 Å². The molecule has 0 heterocycles. The van der Waals surface area contributed by atoms with E-state index in [1.54, 1.807) is 18.2 Å². The molecule has 5 nitrogen and oxygen atoms in total. The number of nitrogens with one attached hydrogen (secondary N) is 1. The Morgan fingerprint density at radius 1 is 1.41 bits per heavy atom. The molecular weight excluding hydrogens is 242 g/mol. The number of sulfonamides is 1. The molecule has 17 heavy (non-hydrogen) atoms. The molecule has 1 aromatic carbocycles. The normalized spacial score (nSPS) is 11.2. The number of ketones is 1. The van der Waals surface area contributed by atoms with E-state index in [0.717, 1.165) is 0 Å². The van der Waals surface area contributed by atoms with E-state index in [-0.39, 0.29) is 18.1 Å². The molecule has 1 N–H and O–H groups in total. The number of hydrogen-bond acceptors (Lipinski definition) is 4. The number of anilines is 1. The molecule has 0 saturated carbocycles. The number of benzene rings is 1. The van der Waals surface area contributed by atoms with Gasteiger partial charge >= 0.3 is 0 Å². The zero-order chi connectivity index (χ0) is 12.9. The van der Waals surface area contributed by atoms with Gasteiger partial charge in [0.05, 0.1) is 12.4 Å². The SMILES string of the molecule is COCCS(=O)(=O)Nc1cccc(C(C)=O)c1. The molecule has 0 amide bonds. The Balaban J connectivity index is 2.81. The second-order valence-corrected chi connectivity index (χ2v) is 5.39. The van der Waals surface area contributed by atoms with E-state index in [0.29, 0.717) is 11.3 Å². The third-order valence-corrected chi connectivity index (χ3v) is 3.35. The van der Waals surface area contributed by atoms with Gasteiger partial charge in [-0.2, -0.15) is 0 Å². The highest BCUT2D eigenvalue weighted by Gasteiger charge is 2.10. The van der Waals surface area contributed by atoms with Crippen molar-refractivity contribution in [3.8, 4) is 0 Å². The van der Waals surface area contributed by atoms with E-state index in [9.17, 15) is 13.2 Å². The highest BCUT2D eigenvalue weighted by Crippen LogP contribution is 2.12. The van der Waals surface area contributed by atoms with Crippen LogP contribution in [0.15, 0.2) is 24.3 Å². The monoisotopic (exact) mass is 257 g/mol. The highest BCUT2D eigenvalue weighted by atomic mass is 32.2. The van der Waals surface area contributed by atoms with Gasteiger partial charge in [0.1, 0.15) is 0 Å². The zero-order valence-electron chi connectivity index (χ0n) is 9.76.